The van der Waals surface area contributed by atoms with Crippen molar-refractivity contribution in [1.29, 1.82) is 0 Å². The van der Waals surface area contributed by atoms with E-state index in [-0.39, 0.29) is 5.54 Å². The number of hydrogen-bond acceptors (Lipinski definition) is 3. The first kappa shape index (κ1) is 12.9. The van der Waals surface area contributed by atoms with Crippen molar-refractivity contribution in [3.8, 4) is 0 Å². The summed E-state index contributed by atoms with van der Waals surface area (Å²) in [6.45, 7) is 3.91. The predicted molar refractivity (Wildman–Crippen MR) is 76.3 cm³/mol. The maximum atomic E-state index is 5.98. The molecule has 4 heteroatoms. The van der Waals surface area contributed by atoms with Crippen molar-refractivity contribution >= 4 is 21.6 Å². The molecule has 17 heavy (non-hydrogen) atoms. The van der Waals surface area contributed by atoms with Crippen LogP contribution in [0, 0.1) is 0 Å². The summed E-state index contributed by atoms with van der Waals surface area (Å²) < 4.78 is 1.09. The van der Waals surface area contributed by atoms with E-state index in [2.05, 4.69) is 52.3 Å². The molecule has 3 nitrogen and oxygen atoms in total. The number of likely N-dealkylation sites (tertiary alicyclic amines) is 1. The maximum absolute atomic E-state index is 5.98. The maximum Gasteiger partial charge on any atom is 0.0636 e. The molecule has 0 aromatic heterocycles. The van der Waals surface area contributed by atoms with E-state index in [9.17, 15) is 0 Å². The van der Waals surface area contributed by atoms with Crippen LogP contribution in [0.25, 0.3) is 0 Å². The van der Waals surface area contributed by atoms with Crippen LogP contribution in [0.4, 0.5) is 5.69 Å². The molecule has 0 amide bonds. The van der Waals surface area contributed by atoms with Crippen molar-refractivity contribution in [3.63, 3.8) is 0 Å². The fourth-order valence-electron chi connectivity index (χ4n) is 2.58. The summed E-state index contributed by atoms with van der Waals surface area (Å²) >= 11 is 3.49. The Labute approximate surface area is 111 Å². The monoisotopic (exact) mass is 297 g/mol. The summed E-state index contributed by atoms with van der Waals surface area (Å²) in [5.74, 6) is 0. The van der Waals surface area contributed by atoms with Crippen LogP contribution in [0.2, 0.25) is 0 Å². The Balaban J connectivity index is 2.16. The number of nitrogens with zero attached hydrogens (tertiary/aromatic N) is 1. The Bertz CT molecular complexity index is 384. The van der Waals surface area contributed by atoms with Crippen LogP contribution in [0.15, 0.2) is 28.7 Å². The molecule has 1 aliphatic heterocycles. The standard InChI is InChI=1S/C13H20BrN3/c1-10-7-13(8-15,9-17(10)2)16-12-5-3-4-11(14)6-12/h3-6,10,16H,7-9,15H2,1-2H3. The molecular weight excluding hydrogens is 278 g/mol. The molecule has 1 aromatic rings. The lowest BCUT2D eigenvalue weighted by Gasteiger charge is -2.30. The number of halogens is 1. The molecular formula is C13H20BrN3. The zero-order valence-corrected chi connectivity index (χ0v) is 12.0. The summed E-state index contributed by atoms with van der Waals surface area (Å²) in [7, 11) is 2.16. The largest absolute Gasteiger partial charge is 0.377 e. The van der Waals surface area contributed by atoms with E-state index in [0.29, 0.717) is 12.6 Å². The van der Waals surface area contributed by atoms with Crippen LogP contribution in [0.3, 0.4) is 0 Å². The zero-order chi connectivity index (χ0) is 12.5. The van der Waals surface area contributed by atoms with Gasteiger partial charge in [-0.15, -0.1) is 0 Å². The summed E-state index contributed by atoms with van der Waals surface area (Å²) in [5, 5.41) is 3.61. The molecule has 2 unspecified atom stereocenters. The number of anilines is 1. The predicted octanol–water partition coefficient (Wildman–Crippen LogP) is 2.28. The molecule has 1 aromatic carbocycles. The Morgan fingerprint density at radius 3 is 2.88 bits per heavy atom. The van der Waals surface area contributed by atoms with Gasteiger partial charge < -0.3 is 16.0 Å². The SMILES string of the molecule is CC1CC(CN)(Nc2cccc(Br)c2)CN1C. The zero-order valence-electron chi connectivity index (χ0n) is 10.4. The van der Waals surface area contributed by atoms with Gasteiger partial charge in [-0.05, 0) is 38.6 Å². The van der Waals surface area contributed by atoms with E-state index in [0.717, 1.165) is 23.1 Å². The fourth-order valence-corrected chi connectivity index (χ4v) is 2.98. The molecule has 0 spiro atoms. The van der Waals surface area contributed by atoms with E-state index in [4.69, 9.17) is 5.73 Å². The van der Waals surface area contributed by atoms with Crippen LogP contribution >= 0.6 is 15.9 Å². The Kier molecular flexibility index (Phi) is 3.76. The van der Waals surface area contributed by atoms with Crippen molar-refractivity contribution < 1.29 is 0 Å². The van der Waals surface area contributed by atoms with Gasteiger partial charge in [0.05, 0.1) is 5.54 Å². The summed E-state index contributed by atoms with van der Waals surface area (Å²) in [6, 6.07) is 8.84. The molecule has 1 aliphatic rings. The lowest BCUT2D eigenvalue weighted by Crippen LogP contribution is -2.47. The number of likely N-dealkylation sites (N-methyl/N-ethyl adjacent to an activating group) is 1. The van der Waals surface area contributed by atoms with Crippen LogP contribution in [-0.2, 0) is 0 Å². The fraction of sp³-hybridized carbons (Fsp3) is 0.538. The van der Waals surface area contributed by atoms with E-state index in [1.54, 1.807) is 0 Å². The number of nitrogens with two attached hydrogens (primary N) is 1. The molecule has 94 valence electrons. The van der Waals surface area contributed by atoms with Gasteiger partial charge in [-0.3, -0.25) is 0 Å². The molecule has 2 rings (SSSR count). The van der Waals surface area contributed by atoms with Crippen LogP contribution in [-0.4, -0.2) is 36.6 Å². The van der Waals surface area contributed by atoms with Gasteiger partial charge in [-0.2, -0.15) is 0 Å². The third-order valence-electron chi connectivity index (χ3n) is 3.62. The Morgan fingerprint density at radius 2 is 2.35 bits per heavy atom. The lowest BCUT2D eigenvalue weighted by atomic mass is 9.96. The third kappa shape index (κ3) is 2.81. The molecule has 2 atom stereocenters. The molecule has 0 aliphatic carbocycles. The number of nitrogens with one attached hydrogen (secondary N) is 1. The highest BCUT2D eigenvalue weighted by Gasteiger charge is 2.39. The molecule has 1 heterocycles. The summed E-state index contributed by atoms with van der Waals surface area (Å²) in [6.07, 6.45) is 1.09. The van der Waals surface area contributed by atoms with E-state index in [1.807, 2.05) is 12.1 Å². The summed E-state index contributed by atoms with van der Waals surface area (Å²) in [4.78, 5) is 2.36. The molecule has 0 radical (unpaired) electrons. The van der Waals surface area contributed by atoms with Crippen molar-refractivity contribution in [2.45, 2.75) is 24.9 Å². The second-order valence-electron chi connectivity index (χ2n) is 5.09. The topological polar surface area (TPSA) is 41.3 Å². The van der Waals surface area contributed by atoms with E-state index >= 15 is 0 Å². The molecule has 1 saturated heterocycles. The smallest absolute Gasteiger partial charge is 0.0636 e. The van der Waals surface area contributed by atoms with Gasteiger partial charge in [0.2, 0.25) is 0 Å². The summed E-state index contributed by atoms with van der Waals surface area (Å²) in [5.41, 5.74) is 7.12. The van der Waals surface area contributed by atoms with E-state index < -0.39 is 0 Å². The van der Waals surface area contributed by atoms with Crippen LogP contribution in [0.5, 0.6) is 0 Å². The highest BCUT2D eigenvalue weighted by molar-refractivity contribution is 9.10. The first-order chi connectivity index (χ1) is 8.04. The average Bonchev–Trinajstić information content (AvgIpc) is 2.55. The van der Waals surface area contributed by atoms with Crippen molar-refractivity contribution in [1.82, 2.24) is 4.90 Å². The van der Waals surface area contributed by atoms with Crippen LogP contribution in [0.1, 0.15) is 13.3 Å². The van der Waals surface area contributed by atoms with Crippen molar-refractivity contribution in [3.05, 3.63) is 28.7 Å². The third-order valence-corrected chi connectivity index (χ3v) is 4.11. The van der Waals surface area contributed by atoms with Gasteiger partial charge in [0.1, 0.15) is 0 Å². The van der Waals surface area contributed by atoms with E-state index in [1.165, 1.54) is 0 Å². The highest BCUT2D eigenvalue weighted by atomic mass is 79.9. The number of benzene rings is 1. The molecule has 0 saturated carbocycles. The van der Waals surface area contributed by atoms with Gasteiger partial charge in [0.25, 0.3) is 0 Å². The minimum Gasteiger partial charge on any atom is -0.377 e. The minimum atomic E-state index is 0.00889. The van der Waals surface area contributed by atoms with Gasteiger partial charge in [-0.25, -0.2) is 0 Å². The number of rotatable bonds is 3. The quantitative estimate of drug-likeness (QED) is 0.899. The molecule has 0 bridgehead atoms. The lowest BCUT2D eigenvalue weighted by molar-refractivity contribution is 0.323. The van der Waals surface area contributed by atoms with Gasteiger partial charge >= 0.3 is 0 Å². The van der Waals surface area contributed by atoms with Gasteiger partial charge in [-0.1, -0.05) is 22.0 Å². The molecule has 1 fully saturated rings. The van der Waals surface area contributed by atoms with Gasteiger partial charge in [0.15, 0.2) is 0 Å². The second-order valence-corrected chi connectivity index (χ2v) is 6.00. The minimum absolute atomic E-state index is 0.00889. The van der Waals surface area contributed by atoms with Crippen molar-refractivity contribution in [2.75, 3.05) is 25.5 Å². The first-order valence-corrected chi connectivity index (χ1v) is 6.78. The van der Waals surface area contributed by atoms with Crippen molar-refractivity contribution in [2.24, 2.45) is 5.73 Å². The average molecular weight is 298 g/mol. The second kappa shape index (κ2) is 4.96. The normalized spacial score (nSPS) is 29.5. The Hall–Kier alpha value is -0.580. The highest BCUT2D eigenvalue weighted by Crippen LogP contribution is 2.29. The molecule has 3 N–H and O–H groups in total. The van der Waals surface area contributed by atoms with Crippen LogP contribution < -0.4 is 11.1 Å². The Morgan fingerprint density at radius 1 is 1.59 bits per heavy atom. The first-order valence-electron chi connectivity index (χ1n) is 5.99. The van der Waals surface area contributed by atoms with Gasteiger partial charge in [0, 0.05) is 29.3 Å². The number of hydrogen-bond donors (Lipinski definition) is 2.